The zero-order chi connectivity index (χ0) is 17.2. The van der Waals surface area contributed by atoms with Crippen LogP contribution in [0.15, 0.2) is 18.2 Å². The molecule has 23 heavy (non-hydrogen) atoms. The van der Waals surface area contributed by atoms with Crippen LogP contribution in [0, 0.1) is 17.0 Å². The van der Waals surface area contributed by atoms with E-state index in [1.807, 2.05) is 0 Å². The highest BCUT2D eigenvalue weighted by Crippen LogP contribution is 2.28. The lowest BCUT2D eigenvalue weighted by molar-refractivity contribution is -0.386. The summed E-state index contributed by atoms with van der Waals surface area (Å²) in [6, 6.07) is 4.02. The van der Waals surface area contributed by atoms with Gasteiger partial charge in [-0.2, -0.15) is 0 Å². The maximum Gasteiger partial charge on any atom is 0.311 e. The normalized spacial score (nSPS) is 20.7. The Morgan fingerprint density at radius 1 is 1.48 bits per heavy atom. The molecule has 1 aliphatic rings. The minimum atomic E-state index is -3.09. The Kier molecular flexibility index (Phi) is 4.88. The van der Waals surface area contributed by atoms with E-state index in [0.29, 0.717) is 12.0 Å². The van der Waals surface area contributed by atoms with Crippen molar-refractivity contribution in [1.29, 1.82) is 0 Å². The lowest BCUT2D eigenvalue weighted by atomic mass is 10.2. The van der Waals surface area contributed by atoms with Crippen LogP contribution in [0.25, 0.3) is 0 Å². The highest BCUT2D eigenvalue weighted by Gasteiger charge is 2.30. The van der Waals surface area contributed by atoms with Crippen LogP contribution >= 0.6 is 0 Å². The number of amides is 1. The summed E-state index contributed by atoms with van der Waals surface area (Å²) < 4.78 is 28.1. The predicted molar refractivity (Wildman–Crippen MR) is 83.1 cm³/mol. The smallest absolute Gasteiger partial charge is 0.311 e. The Hall–Kier alpha value is -2.16. The third-order valence-corrected chi connectivity index (χ3v) is 5.33. The highest BCUT2D eigenvalue weighted by atomic mass is 32.2. The van der Waals surface area contributed by atoms with Gasteiger partial charge in [0.2, 0.25) is 0 Å². The number of rotatable bonds is 5. The van der Waals surface area contributed by atoms with Crippen LogP contribution in [-0.4, -0.2) is 42.9 Å². The third kappa shape index (κ3) is 4.41. The summed E-state index contributed by atoms with van der Waals surface area (Å²) in [5.41, 5.74) is 0.491. The van der Waals surface area contributed by atoms with Crippen molar-refractivity contribution in [3.05, 3.63) is 33.9 Å². The summed E-state index contributed by atoms with van der Waals surface area (Å²) in [7, 11) is -3.09. The monoisotopic (exact) mass is 342 g/mol. The van der Waals surface area contributed by atoms with Gasteiger partial charge in [0.15, 0.2) is 21.7 Å². The molecule has 0 aliphatic carbocycles. The largest absolute Gasteiger partial charge is 0.474 e. The zero-order valence-electron chi connectivity index (χ0n) is 12.8. The molecule has 0 radical (unpaired) electrons. The molecular weight excluding hydrogens is 324 g/mol. The molecule has 0 saturated carbocycles. The van der Waals surface area contributed by atoms with Crippen LogP contribution in [0.2, 0.25) is 0 Å². The topological polar surface area (TPSA) is 116 Å². The lowest BCUT2D eigenvalue weighted by Crippen LogP contribution is -2.43. The summed E-state index contributed by atoms with van der Waals surface area (Å²) >= 11 is 0. The van der Waals surface area contributed by atoms with E-state index in [-0.39, 0.29) is 22.9 Å². The Labute approximate surface area is 133 Å². The summed E-state index contributed by atoms with van der Waals surface area (Å²) in [4.78, 5) is 22.5. The molecule has 1 fully saturated rings. The van der Waals surface area contributed by atoms with Crippen LogP contribution in [0.5, 0.6) is 5.75 Å². The van der Waals surface area contributed by atoms with E-state index in [0.717, 1.165) is 0 Å². The van der Waals surface area contributed by atoms with Crippen molar-refractivity contribution < 1.29 is 22.9 Å². The fourth-order valence-electron chi connectivity index (χ4n) is 2.34. The molecule has 0 bridgehead atoms. The minimum absolute atomic E-state index is 0.00212. The van der Waals surface area contributed by atoms with Gasteiger partial charge in [-0.15, -0.1) is 0 Å². The first-order valence-electron chi connectivity index (χ1n) is 7.10. The van der Waals surface area contributed by atoms with Gasteiger partial charge < -0.3 is 10.1 Å². The van der Waals surface area contributed by atoms with Crippen molar-refractivity contribution in [2.75, 3.05) is 11.5 Å². The van der Waals surface area contributed by atoms with E-state index < -0.39 is 32.8 Å². The molecule has 0 unspecified atom stereocenters. The molecule has 1 N–H and O–H groups in total. The molecule has 1 saturated heterocycles. The third-order valence-electron chi connectivity index (χ3n) is 3.56. The predicted octanol–water partition coefficient (Wildman–Crippen LogP) is 0.974. The van der Waals surface area contributed by atoms with Crippen molar-refractivity contribution in [1.82, 2.24) is 5.32 Å². The van der Waals surface area contributed by atoms with Crippen molar-refractivity contribution >= 4 is 21.4 Å². The summed E-state index contributed by atoms with van der Waals surface area (Å²) in [5.74, 6) is -0.531. The quantitative estimate of drug-likeness (QED) is 0.630. The molecule has 1 aliphatic heterocycles. The van der Waals surface area contributed by atoms with Gasteiger partial charge in [0.05, 0.1) is 16.4 Å². The summed E-state index contributed by atoms with van der Waals surface area (Å²) in [5, 5.41) is 13.6. The highest BCUT2D eigenvalue weighted by molar-refractivity contribution is 7.91. The van der Waals surface area contributed by atoms with Gasteiger partial charge >= 0.3 is 5.69 Å². The number of carbonyl (C=O) groups excluding carboxylic acids is 1. The Morgan fingerprint density at radius 3 is 2.74 bits per heavy atom. The van der Waals surface area contributed by atoms with Crippen LogP contribution < -0.4 is 10.1 Å². The molecule has 1 aromatic carbocycles. The fraction of sp³-hybridized carbons (Fsp3) is 0.500. The number of carbonyl (C=O) groups is 1. The van der Waals surface area contributed by atoms with E-state index in [1.54, 1.807) is 13.0 Å². The number of nitrogens with zero attached hydrogens (tertiary/aromatic N) is 1. The Bertz CT molecular complexity index is 731. The number of nitro groups is 1. The molecule has 126 valence electrons. The summed E-state index contributed by atoms with van der Waals surface area (Å²) in [6.07, 6.45) is -0.606. The van der Waals surface area contributed by atoms with Gasteiger partial charge in [0, 0.05) is 12.1 Å². The first-order chi connectivity index (χ1) is 10.7. The number of sulfone groups is 1. The molecule has 9 heteroatoms. The van der Waals surface area contributed by atoms with Gasteiger partial charge in [-0.05, 0) is 31.9 Å². The van der Waals surface area contributed by atoms with Crippen LogP contribution in [0.4, 0.5) is 5.69 Å². The molecule has 1 aromatic rings. The van der Waals surface area contributed by atoms with Gasteiger partial charge in [-0.1, -0.05) is 6.07 Å². The Balaban J connectivity index is 2.03. The van der Waals surface area contributed by atoms with Gasteiger partial charge in [0.1, 0.15) is 0 Å². The maximum atomic E-state index is 12.1. The van der Waals surface area contributed by atoms with Crippen LogP contribution in [-0.2, 0) is 14.6 Å². The van der Waals surface area contributed by atoms with E-state index in [2.05, 4.69) is 5.32 Å². The number of nitrogens with one attached hydrogen (secondary N) is 1. The minimum Gasteiger partial charge on any atom is -0.474 e. The average molecular weight is 342 g/mol. The molecule has 2 rings (SSSR count). The van der Waals surface area contributed by atoms with E-state index in [4.69, 9.17) is 4.74 Å². The number of aryl methyl sites for hydroxylation is 1. The molecule has 1 heterocycles. The molecular formula is C14H18N2O6S. The average Bonchev–Trinajstić information content (AvgIpc) is 2.79. The lowest BCUT2D eigenvalue weighted by Gasteiger charge is -2.17. The van der Waals surface area contributed by atoms with Gasteiger partial charge in [-0.3, -0.25) is 14.9 Å². The number of benzene rings is 1. The molecule has 0 aromatic heterocycles. The second-order valence-corrected chi connectivity index (χ2v) is 7.83. The van der Waals surface area contributed by atoms with Crippen LogP contribution in [0.1, 0.15) is 18.9 Å². The van der Waals surface area contributed by atoms with E-state index >= 15 is 0 Å². The number of ether oxygens (including phenoxy) is 1. The molecule has 8 nitrogen and oxygen atoms in total. The zero-order valence-corrected chi connectivity index (χ0v) is 13.6. The second-order valence-electron chi connectivity index (χ2n) is 5.60. The van der Waals surface area contributed by atoms with E-state index in [1.165, 1.54) is 19.1 Å². The van der Waals surface area contributed by atoms with Gasteiger partial charge in [-0.25, -0.2) is 8.42 Å². The maximum absolute atomic E-state index is 12.1. The molecule has 2 atom stereocenters. The molecule has 1 amide bonds. The van der Waals surface area contributed by atoms with Crippen molar-refractivity contribution in [3.8, 4) is 5.75 Å². The Morgan fingerprint density at radius 2 is 2.17 bits per heavy atom. The number of nitro benzene ring substituents is 1. The second kappa shape index (κ2) is 6.53. The number of hydrogen-bond acceptors (Lipinski definition) is 6. The SMILES string of the molecule is Cc1ccc(O[C@H](C)C(=O)N[C@H]2CCS(=O)(=O)C2)c([N+](=O)[O-])c1. The van der Waals surface area contributed by atoms with Crippen molar-refractivity contribution in [2.45, 2.75) is 32.4 Å². The summed E-state index contributed by atoms with van der Waals surface area (Å²) in [6.45, 7) is 3.18. The van der Waals surface area contributed by atoms with Crippen molar-refractivity contribution in [3.63, 3.8) is 0 Å². The van der Waals surface area contributed by atoms with E-state index in [9.17, 15) is 23.3 Å². The first-order valence-corrected chi connectivity index (χ1v) is 8.92. The molecule has 0 spiro atoms. The van der Waals surface area contributed by atoms with Gasteiger partial charge in [0.25, 0.3) is 5.91 Å². The van der Waals surface area contributed by atoms with Crippen LogP contribution in [0.3, 0.4) is 0 Å². The van der Waals surface area contributed by atoms with Crippen molar-refractivity contribution in [2.24, 2.45) is 0 Å². The standard InChI is InChI=1S/C14H18N2O6S/c1-9-3-4-13(12(7-9)16(18)19)22-10(2)14(17)15-11-5-6-23(20,21)8-11/h3-4,7,10-11H,5-6,8H2,1-2H3,(H,15,17)/t10-,11+/m1/s1. The first kappa shape index (κ1) is 17.2. The number of hydrogen-bond donors (Lipinski definition) is 1. The fourth-order valence-corrected chi connectivity index (χ4v) is 4.01.